The van der Waals surface area contributed by atoms with Crippen molar-refractivity contribution in [3.8, 4) is 6.07 Å². The van der Waals surface area contributed by atoms with Crippen molar-refractivity contribution in [1.82, 2.24) is 0 Å². The summed E-state index contributed by atoms with van der Waals surface area (Å²) in [5.74, 6) is 0. The van der Waals surface area contributed by atoms with Crippen LogP contribution in [0, 0.1) is 11.3 Å². The number of aliphatic hydroxyl groups is 1. The number of nitrogens with zero attached hydrogens (tertiary/aromatic N) is 1. The van der Waals surface area contributed by atoms with Gasteiger partial charge in [-0.15, -0.1) is 0 Å². The fourth-order valence-corrected chi connectivity index (χ4v) is 1.51. The van der Waals surface area contributed by atoms with Crippen LogP contribution in [0.2, 0.25) is 5.02 Å². The van der Waals surface area contributed by atoms with Crippen molar-refractivity contribution < 1.29 is 9.84 Å². The third kappa shape index (κ3) is 3.38. The predicted octanol–water partition coefficient (Wildman–Crippen LogP) is 1.63. The summed E-state index contributed by atoms with van der Waals surface area (Å²) >= 11 is 5.94. The van der Waals surface area contributed by atoms with Gasteiger partial charge in [-0.05, 0) is 12.1 Å². The van der Waals surface area contributed by atoms with E-state index in [1.807, 2.05) is 6.07 Å². The Hall–Kier alpha value is -1.28. The number of nitrogens with one attached hydrogen (secondary N) is 1. The number of nitriles is 1. The highest BCUT2D eigenvalue weighted by molar-refractivity contribution is 6.33. The number of ether oxygens (including phenoxy) is 1. The number of hydrogen-bond donors (Lipinski definition) is 2. The Kier molecular flexibility index (Phi) is 5.06. The largest absolute Gasteiger partial charge is 0.389 e. The fourth-order valence-electron chi connectivity index (χ4n) is 1.27. The Bertz CT molecular complexity index is 390. The minimum atomic E-state index is -0.632. The third-order valence-electron chi connectivity index (χ3n) is 2.01. The summed E-state index contributed by atoms with van der Waals surface area (Å²) < 4.78 is 4.79. The molecule has 0 fully saturated rings. The van der Waals surface area contributed by atoms with Crippen LogP contribution in [0.25, 0.3) is 0 Å². The minimum absolute atomic E-state index is 0.235. The molecule has 0 aliphatic carbocycles. The quantitative estimate of drug-likeness (QED) is 0.821. The first-order valence-electron chi connectivity index (χ1n) is 4.78. The van der Waals surface area contributed by atoms with Gasteiger partial charge in [0.1, 0.15) is 6.07 Å². The molecule has 0 aromatic heterocycles. The second-order valence-corrected chi connectivity index (χ2v) is 3.67. The van der Waals surface area contributed by atoms with Gasteiger partial charge in [0.05, 0.1) is 29.0 Å². The number of methoxy groups -OCH3 is 1. The Balaban J connectivity index is 2.70. The first kappa shape index (κ1) is 12.8. The second kappa shape index (κ2) is 6.33. The average Bonchev–Trinajstić information content (AvgIpc) is 2.27. The normalized spacial score (nSPS) is 11.9. The molecule has 1 aromatic rings. The van der Waals surface area contributed by atoms with E-state index in [1.165, 1.54) is 7.11 Å². The SMILES string of the molecule is COC[C@@H](O)CNc1c(Cl)cccc1C#N. The van der Waals surface area contributed by atoms with Crippen LogP contribution in [0.4, 0.5) is 5.69 Å². The molecule has 1 atom stereocenters. The zero-order chi connectivity index (χ0) is 12.0. The Morgan fingerprint density at radius 1 is 1.62 bits per heavy atom. The highest BCUT2D eigenvalue weighted by Crippen LogP contribution is 2.25. The first-order chi connectivity index (χ1) is 7.69. The van der Waals surface area contributed by atoms with Crippen LogP contribution < -0.4 is 5.32 Å². The molecule has 0 saturated carbocycles. The van der Waals surface area contributed by atoms with E-state index in [0.717, 1.165) is 0 Å². The maximum Gasteiger partial charge on any atom is 0.101 e. The average molecular weight is 241 g/mol. The van der Waals surface area contributed by atoms with Gasteiger partial charge in [-0.1, -0.05) is 17.7 Å². The van der Waals surface area contributed by atoms with Crippen LogP contribution in [0.1, 0.15) is 5.56 Å². The molecule has 1 aromatic carbocycles. The molecule has 0 aliphatic heterocycles. The summed E-state index contributed by atoms with van der Waals surface area (Å²) in [4.78, 5) is 0. The van der Waals surface area contributed by atoms with Crippen molar-refractivity contribution in [2.24, 2.45) is 0 Å². The molecule has 1 rings (SSSR count). The van der Waals surface area contributed by atoms with Crippen molar-refractivity contribution in [3.05, 3.63) is 28.8 Å². The number of hydrogen-bond acceptors (Lipinski definition) is 4. The van der Waals surface area contributed by atoms with E-state index in [2.05, 4.69) is 5.32 Å². The van der Waals surface area contributed by atoms with E-state index in [4.69, 9.17) is 21.6 Å². The van der Waals surface area contributed by atoms with E-state index >= 15 is 0 Å². The van der Waals surface area contributed by atoms with Gasteiger partial charge in [0.15, 0.2) is 0 Å². The molecule has 0 saturated heterocycles. The van der Waals surface area contributed by atoms with Crippen LogP contribution in [0.5, 0.6) is 0 Å². The number of rotatable bonds is 5. The maximum atomic E-state index is 9.45. The van der Waals surface area contributed by atoms with Gasteiger partial charge in [0.25, 0.3) is 0 Å². The van der Waals surface area contributed by atoms with Crippen LogP contribution in [-0.2, 0) is 4.74 Å². The molecule has 0 unspecified atom stereocenters. The van der Waals surface area contributed by atoms with E-state index in [9.17, 15) is 5.11 Å². The summed E-state index contributed by atoms with van der Waals surface area (Å²) in [6.45, 7) is 0.519. The number of aliphatic hydroxyl groups excluding tert-OH is 1. The third-order valence-corrected chi connectivity index (χ3v) is 2.32. The van der Waals surface area contributed by atoms with Gasteiger partial charge in [-0.2, -0.15) is 5.26 Å². The van der Waals surface area contributed by atoms with E-state index in [1.54, 1.807) is 18.2 Å². The molecule has 86 valence electrons. The lowest BCUT2D eigenvalue weighted by Crippen LogP contribution is -2.24. The number of halogens is 1. The lowest BCUT2D eigenvalue weighted by Gasteiger charge is -2.13. The predicted molar refractivity (Wildman–Crippen MR) is 62.5 cm³/mol. The van der Waals surface area contributed by atoms with Crippen molar-refractivity contribution >= 4 is 17.3 Å². The van der Waals surface area contributed by atoms with Crippen molar-refractivity contribution in [2.45, 2.75) is 6.10 Å². The van der Waals surface area contributed by atoms with Crippen LogP contribution in [0.15, 0.2) is 18.2 Å². The molecule has 4 nitrogen and oxygen atoms in total. The van der Waals surface area contributed by atoms with E-state index in [0.29, 0.717) is 16.3 Å². The van der Waals surface area contributed by atoms with E-state index < -0.39 is 6.10 Å². The van der Waals surface area contributed by atoms with Gasteiger partial charge >= 0.3 is 0 Å². The number of anilines is 1. The second-order valence-electron chi connectivity index (χ2n) is 3.26. The minimum Gasteiger partial charge on any atom is -0.389 e. The molecule has 0 aliphatic rings. The topological polar surface area (TPSA) is 65.3 Å². The zero-order valence-corrected chi connectivity index (χ0v) is 9.66. The number of benzene rings is 1. The Labute approximate surface area is 99.4 Å². The Morgan fingerprint density at radius 3 is 3.00 bits per heavy atom. The Morgan fingerprint density at radius 2 is 2.38 bits per heavy atom. The summed E-state index contributed by atoms with van der Waals surface area (Å²) in [6.07, 6.45) is -0.632. The number of para-hydroxylation sites is 1. The van der Waals surface area contributed by atoms with Crippen molar-refractivity contribution in [1.29, 1.82) is 5.26 Å². The van der Waals surface area contributed by atoms with Crippen molar-refractivity contribution in [3.63, 3.8) is 0 Å². The molecule has 16 heavy (non-hydrogen) atoms. The van der Waals surface area contributed by atoms with E-state index in [-0.39, 0.29) is 13.2 Å². The smallest absolute Gasteiger partial charge is 0.101 e. The summed E-state index contributed by atoms with van der Waals surface area (Å²) in [5.41, 5.74) is 0.999. The molecule has 0 radical (unpaired) electrons. The summed E-state index contributed by atoms with van der Waals surface area (Å²) in [7, 11) is 1.51. The molecule has 0 bridgehead atoms. The molecule has 0 heterocycles. The summed E-state index contributed by atoms with van der Waals surface area (Å²) in [6, 6.07) is 7.09. The maximum absolute atomic E-state index is 9.45. The molecule has 5 heteroatoms. The van der Waals surface area contributed by atoms with Gasteiger partial charge in [-0.3, -0.25) is 0 Å². The lowest BCUT2D eigenvalue weighted by molar-refractivity contribution is 0.0727. The van der Waals surface area contributed by atoms with Crippen LogP contribution in [-0.4, -0.2) is 31.5 Å². The lowest BCUT2D eigenvalue weighted by atomic mass is 10.2. The van der Waals surface area contributed by atoms with Crippen LogP contribution >= 0.6 is 11.6 Å². The molecular weight excluding hydrogens is 228 g/mol. The van der Waals surface area contributed by atoms with Crippen molar-refractivity contribution in [2.75, 3.05) is 25.6 Å². The van der Waals surface area contributed by atoms with Gasteiger partial charge in [0, 0.05) is 13.7 Å². The first-order valence-corrected chi connectivity index (χ1v) is 5.16. The van der Waals surface area contributed by atoms with Gasteiger partial charge < -0.3 is 15.2 Å². The molecule has 0 amide bonds. The molecular formula is C11H13ClN2O2. The van der Waals surface area contributed by atoms with Crippen LogP contribution in [0.3, 0.4) is 0 Å². The molecule has 0 spiro atoms. The fraction of sp³-hybridized carbons (Fsp3) is 0.364. The zero-order valence-electron chi connectivity index (χ0n) is 8.90. The highest BCUT2D eigenvalue weighted by Gasteiger charge is 2.08. The molecule has 2 N–H and O–H groups in total. The van der Waals surface area contributed by atoms with Gasteiger partial charge in [0.2, 0.25) is 0 Å². The summed E-state index contributed by atoms with van der Waals surface area (Å²) in [5, 5.41) is 21.7. The highest BCUT2D eigenvalue weighted by atomic mass is 35.5. The standard InChI is InChI=1S/C11H13ClN2O2/c1-16-7-9(15)6-14-11-8(5-13)3-2-4-10(11)12/h2-4,9,14-15H,6-7H2,1H3/t9-/m0/s1. The monoisotopic (exact) mass is 240 g/mol. The van der Waals surface area contributed by atoms with Gasteiger partial charge in [-0.25, -0.2) is 0 Å².